The smallest absolute Gasteiger partial charge is 0.338 e. The number of carboxylic acid groups (broad SMARTS) is 1. The molecule has 0 aliphatic heterocycles. The third kappa shape index (κ3) is 3.58. The number of benzene rings is 1. The van der Waals surface area contributed by atoms with Gasteiger partial charge in [-0.1, -0.05) is 0 Å². The number of rotatable bonds is 3. The van der Waals surface area contributed by atoms with Crippen molar-refractivity contribution < 1.29 is 24.7 Å². The largest absolute Gasteiger partial charge is 0.478 e. The van der Waals surface area contributed by atoms with Crippen LogP contribution in [0.25, 0.3) is 0 Å². The SMILES string of the molecule is CC(=O)Nc1cc(N(O)C(C)=O)c(I)c(C(=O)O)c1I. The molecule has 108 valence electrons. The summed E-state index contributed by atoms with van der Waals surface area (Å²) >= 11 is 3.52. The van der Waals surface area contributed by atoms with E-state index >= 15 is 0 Å². The van der Waals surface area contributed by atoms with Crippen molar-refractivity contribution >= 4 is 74.3 Å². The van der Waals surface area contributed by atoms with Crippen molar-refractivity contribution in [1.29, 1.82) is 0 Å². The van der Waals surface area contributed by atoms with Crippen molar-refractivity contribution in [2.45, 2.75) is 13.8 Å². The zero-order chi connectivity index (χ0) is 15.6. The molecule has 9 heteroatoms. The second kappa shape index (κ2) is 6.67. The predicted molar refractivity (Wildman–Crippen MR) is 88.1 cm³/mol. The molecular formula is C11H10I2N2O5. The van der Waals surface area contributed by atoms with Crippen LogP contribution in [0.4, 0.5) is 11.4 Å². The minimum Gasteiger partial charge on any atom is -0.478 e. The van der Waals surface area contributed by atoms with Crippen LogP contribution < -0.4 is 10.4 Å². The van der Waals surface area contributed by atoms with E-state index in [1.54, 1.807) is 45.2 Å². The predicted octanol–water partition coefficient (Wildman–Crippen LogP) is 2.29. The molecule has 0 radical (unpaired) electrons. The van der Waals surface area contributed by atoms with E-state index in [-0.39, 0.29) is 20.5 Å². The van der Waals surface area contributed by atoms with Gasteiger partial charge in [0.05, 0.1) is 24.1 Å². The molecule has 0 spiro atoms. The molecule has 0 aliphatic carbocycles. The Balaban J connectivity index is 3.60. The van der Waals surface area contributed by atoms with Gasteiger partial charge in [0.15, 0.2) is 0 Å². The first kappa shape index (κ1) is 17.1. The first-order valence-corrected chi connectivity index (χ1v) is 7.35. The Kier molecular flexibility index (Phi) is 5.70. The molecule has 0 heterocycles. The van der Waals surface area contributed by atoms with E-state index < -0.39 is 17.8 Å². The van der Waals surface area contributed by atoms with Gasteiger partial charge < -0.3 is 10.4 Å². The van der Waals surface area contributed by atoms with Crippen LogP contribution in [0, 0.1) is 7.14 Å². The van der Waals surface area contributed by atoms with Gasteiger partial charge in [-0.25, -0.2) is 4.79 Å². The molecule has 1 aromatic carbocycles. The molecule has 0 atom stereocenters. The summed E-state index contributed by atoms with van der Waals surface area (Å²) in [6, 6.07) is 1.35. The van der Waals surface area contributed by atoms with Crippen LogP contribution in [0.3, 0.4) is 0 Å². The molecule has 0 saturated carbocycles. The number of nitrogens with one attached hydrogen (secondary N) is 1. The Bertz CT molecular complexity index is 603. The minimum atomic E-state index is -1.22. The number of carbonyl (C=O) groups is 3. The summed E-state index contributed by atoms with van der Waals surface area (Å²) in [6.45, 7) is 2.41. The molecule has 0 aromatic heterocycles. The van der Waals surface area contributed by atoms with Crippen LogP contribution in [0.5, 0.6) is 0 Å². The molecule has 0 bridgehead atoms. The van der Waals surface area contributed by atoms with Crippen molar-refractivity contribution in [2.24, 2.45) is 0 Å². The summed E-state index contributed by atoms with van der Waals surface area (Å²) in [5, 5.41) is 21.8. The van der Waals surface area contributed by atoms with Crippen LogP contribution in [0.1, 0.15) is 24.2 Å². The van der Waals surface area contributed by atoms with Gasteiger partial charge in [-0.2, -0.15) is 5.06 Å². The first-order chi connectivity index (χ1) is 9.16. The molecular weight excluding hydrogens is 494 g/mol. The van der Waals surface area contributed by atoms with Crippen LogP contribution >= 0.6 is 45.2 Å². The Morgan fingerprint density at radius 3 is 2.15 bits per heavy atom. The van der Waals surface area contributed by atoms with Crippen LogP contribution in [-0.4, -0.2) is 28.1 Å². The highest BCUT2D eigenvalue weighted by molar-refractivity contribution is 14.1. The fourth-order valence-corrected chi connectivity index (χ4v) is 3.61. The highest BCUT2D eigenvalue weighted by Crippen LogP contribution is 2.34. The number of anilines is 2. The van der Waals surface area contributed by atoms with Crippen molar-refractivity contribution in [2.75, 3.05) is 10.4 Å². The van der Waals surface area contributed by atoms with Crippen molar-refractivity contribution in [3.05, 3.63) is 18.8 Å². The zero-order valence-corrected chi connectivity index (χ0v) is 14.7. The van der Waals surface area contributed by atoms with E-state index in [4.69, 9.17) is 0 Å². The highest BCUT2D eigenvalue weighted by atomic mass is 127. The molecule has 0 saturated heterocycles. The number of hydroxylamine groups is 1. The second-order valence-electron chi connectivity index (χ2n) is 3.76. The van der Waals surface area contributed by atoms with Gasteiger partial charge in [0.25, 0.3) is 0 Å². The van der Waals surface area contributed by atoms with E-state index in [2.05, 4.69) is 5.32 Å². The molecule has 0 fully saturated rings. The van der Waals surface area contributed by atoms with Gasteiger partial charge in [0.1, 0.15) is 0 Å². The number of aromatic carboxylic acids is 1. The van der Waals surface area contributed by atoms with E-state index in [0.29, 0.717) is 8.63 Å². The Morgan fingerprint density at radius 1 is 1.20 bits per heavy atom. The normalized spacial score (nSPS) is 10.1. The van der Waals surface area contributed by atoms with Gasteiger partial charge >= 0.3 is 5.97 Å². The lowest BCUT2D eigenvalue weighted by Gasteiger charge is -2.19. The van der Waals surface area contributed by atoms with Gasteiger partial charge in [-0.05, 0) is 51.2 Å². The molecule has 20 heavy (non-hydrogen) atoms. The molecule has 7 nitrogen and oxygen atoms in total. The maximum atomic E-state index is 11.3. The van der Waals surface area contributed by atoms with E-state index in [1.807, 2.05) is 0 Å². The molecule has 3 N–H and O–H groups in total. The topological polar surface area (TPSA) is 107 Å². The quantitative estimate of drug-likeness (QED) is 0.333. The summed E-state index contributed by atoms with van der Waals surface area (Å²) in [5.74, 6) is -2.28. The fraction of sp³-hybridized carbons (Fsp3) is 0.182. The third-order valence-electron chi connectivity index (χ3n) is 2.23. The molecule has 0 aliphatic rings. The average molecular weight is 504 g/mol. The number of nitrogens with zero attached hydrogens (tertiary/aromatic N) is 1. The second-order valence-corrected chi connectivity index (χ2v) is 5.92. The van der Waals surface area contributed by atoms with Crippen LogP contribution in [0.2, 0.25) is 0 Å². The first-order valence-electron chi connectivity index (χ1n) is 5.19. The van der Waals surface area contributed by atoms with E-state index in [9.17, 15) is 24.7 Å². The van der Waals surface area contributed by atoms with Crippen LogP contribution in [0.15, 0.2) is 6.07 Å². The summed E-state index contributed by atoms with van der Waals surface area (Å²) in [7, 11) is 0. The standard InChI is InChI=1S/C11H10I2N2O5/c1-4(16)14-6-3-7(15(20)5(2)17)10(13)8(9(6)12)11(18)19/h3,20H,1-2H3,(H,14,16)(H,18,19). The molecule has 1 rings (SSSR count). The van der Waals surface area contributed by atoms with Crippen LogP contribution in [-0.2, 0) is 9.59 Å². The Hall–Kier alpha value is -0.950. The van der Waals surface area contributed by atoms with Crippen molar-refractivity contribution in [1.82, 2.24) is 0 Å². The zero-order valence-electron chi connectivity index (χ0n) is 10.4. The lowest BCUT2D eigenvalue weighted by molar-refractivity contribution is -0.121. The van der Waals surface area contributed by atoms with E-state index in [0.717, 1.165) is 6.92 Å². The number of hydrogen-bond donors (Lipinski definition) is 3. The van der Waals surface area contributed by atoms with Gasteiger partial charge in [-0.3, -0.25) is 14.8 Å². The van der Waals surface area contributed by atoms with Gasteiger partial charge in [-0.15, -0.1) is 0 Å². The number of hydrogen-bond acceptors (Lipinski definition) is 4. The summed E-state index contributed by atoms with van der Waals surface area (Å²) in [4.78, 5) is 33.7. The van der Waals surface area contributed by atoms with Crippen molar-refractivity contribution in [3.63, 3.8) is 0 Å². The maximum Gasteiger partial charge on any atom is 0.338 e. The maximum absolute atomic E-state index is 11.3. The summed E-state index contributed by atoms with van der Waals surface area (Å²) < 4.78 is 0.515. The van der Waals surface area contributed by atoms with Gasteiger partial charge in [0.2, 0.25) is 11.8 Å². The number of amides is 2. The molecule has 0 unspecified atom stereocenters. The highest BCUT2D eigenvalue weighted by Gasteiger charge is 2.24. The average Bonchev–Trinajstić information content (AvgIpc) is 2.30. The summed E-state index contributed by atoms with van der Waals surface area (Å²) in [6.07, 6.45) is 0. The van der Waals surface area contributed by atoms with Crippen molar-refractivity contribution in [3.8, 4) is 0 Å². The Morgan fingerprint density at radius 2 is 1.75 bits per heavy atom. The van der Waals surface area contributed by atoms with Gasteiger partial charge in [0, 0.05) is 13.8 Å². The lowest BCUT2D eigenvalue weighted by Crippen LogP contribution is -2.26. The summed E-state index contributed by atoms with van der Waals surface area (Å²) in [5.41, 5.74) is 0.124. The third-order valence-corrected chi connectivity index (χ3v) is 4.44. The number of carboxylic acids is 1. The lowest BCUT2D eigenvalue weighted by atomic mass is 10.1. The fourth-order valence-electron chi connectivity index (χ4n) is 1.41. The molecule has 1 aromatic rings. The van der Waals surface area contributed by atoms with E-state index in [1.165, 1.54) is 13.0 Å². The number of carbonyl (C=O) groups excluding carboxylic acids is 2. The number of halogens is 2. The monoisotopic (exact) mass is 504 g/mol. The minimum absolute atomic E-state index is 0.000309. The Labute approximate surface area is 141 Å². The molecule has 2 amide bonds.